The Hall–Kier alpha value is -1.92. The van der Waals surface area contributed by atoms with Gasteiger partial charge in [-0.2, -0.15) is 0 Å². The van der Waals surface area contributed by atoms with Gasteiger partial charge in [-0.25, -0.2) is 0 Å². The Labute approximate surface area is 131 Å². The summed E-state index contributed by atoms with van der Waals surface area (Å²) < 4.78 is 6.29. The van der Waals surface area contributed by atoms with Crippen molar-refractivity contribution in [1.29, 1.82) is 0 Å². The molecule has 2 heterocycles. The topological polar surface area (TPSA) is 75.6 Å². The molecule has 3 rings (SSSR count). The standard InChI is InChI=1S/C16H17NO4S/c18-14(12-9-22-13-4-2-1-3-11(12)13)17-10-16(15(19)20)5-7-21-8-6-16/h1-4,9H,5-8,10H2,(H,17,18)(H,19,20). The van der Waals surface area contributed by atoms with Crippen LogP contribution < -0.4 is 5.32 Å². The zero-order chi connectivity index (χ0) is 15.6. The minimum Gasteiger partial charge on any atom is -0.481 e. The van der Waals surface area contributed by atoms with Crippen LogP contribution in [0.4, 0.5) is 0 Å². The molecule has 1 aromatic carbocycles. The molecule has 0 saturated carbocycles. The van der Waals surface area contributed by atoms with Gasteiger partial charge in [-0.15, -0.1) is 11.3 Å². The second-order valence-electron chi connectivity index (χ2n) is 5.53. The van der Waals surface area contributed by atoms with E-state index in [0.29, 0.717) is 31.6 Å². The molecule has 0 radical (unpaired) electrons. The van der Waals surface area contributed by atoms with Gasteiger partial charge in [0.1, 0.15) is 0 Å². The molecule has 6 heteroatoms. The van der Waals surface area contributed by atoms with E-state index in [1.807, 2.05) is 29.6 Å². The van der Waals surface area contributed by atoms with Crippen molar-refractivity contribution in [3.8, 4) is 0 Å². The number of benzene rings is 1. The van der Waals surface area contributed by atoms with Crippen molar-refractivity contribution < 1.29 is 19.4 Å². The van der Waals surface area contributed by atoms with Crippen molar-refractivity contribution in [2.24, 2.45) is 5.41 Å². The monoisotopic (exact) mass is 319 g/mol. The van der Waals surface area contributed by atoms with E-state index in [2.05, 4.69) is 5.32 Å². The van der Waals surface area contributed by atoms with Crippen LogP contribution >= 0.6 is 11.3 Å². The highest BCUT2D eigenvalue weighted by Gasteiger charge is 2.40. The second kappa shape index (κ2) is 6.06. The van der Waals surface area contributed by atoms with Crippen LogP contribution in [0.5, 0.6) is 0 Å². The van der Waals surface area contributed by atoms with E-state index in [-0.39, 0.29) is 12.5 Å². The molecular formula is C16H17NO4S. The number of hydrogen-bond donors (Lipinski definition) is 2. The summed E-state index contributed by atoms with van der Waals surface area (Å²) in [6, 6.07) is 7.70. The average molecular weight is 319 g/mol. The molecule has 1 aliphatic heterocycles. The van der Waals surface area contributed by atoms with E-state index >= 15 is 0 Å². The van der Waals surface area contributed by atoms with Crippen LogP contribution in [0.2, 0.25) is 0 Å². The van der Waals surface area contributed by atoms with Gasteiger partial charge in [0.15, 0.2) is 0 Å². The molecule has 0 aliphatic carbocycles. The fourth-order valence-corrected chi connectivity index (χ4v) is 3.67. The molecule has 2 N–H and O–H groups in total. The number of amides is 1. The number of hydrogen-bond acceptors (Lipinski definition) is 4. The Morgan fingerprint density at radius 3 is 2.73 bits per heavy atom. The maximum absolute atomic E-state index is 12.4. The highest BCUT2D eigenvalue weighted by Crippen LogP contribution is 2.31. The Kier molecular flexibility index (Phi) is 4.13. The van der Waals surface area contributed by atoms with Crippen molar-refractivity contribution in [2.75, 3.05) is 19.8 Å². The molecule has 116 valence electrons. The molecule has 22 heavy (non-hydrogen) atoms. The van der Waals surface area contributed by atoms with E-state index in [1.165, 1.54) is 11.3 Å². The third kappa shape index (κ3) is 2.71. The number of nitrogens with one attached hydrogen (secondary N) is 1. The summed E-state index contributed by atoms with van der Waals surface area (Å²) in [5.74, 6) is -1.09. The summed E-state index contributed by atoms with van der Waals surface area (Å²) in [7, 11) is 0. The maximum atomic E-state index is 12.4. The van der Waals surface area contributed by atoms with E-state index in [1.54, 1.807) is 0 Å². The molecule has 1 fully saturated rings. The number of aliphatic carboxylic acids is 1. The zero-order valence-corrected chi connectivity index (χ0v) is 12.8. The van der Waals surface area contributed by atoms with Gasteiger partial charge in [0, 0.05) is 35.2 Å². The van der Waals surface area contributed by atoms with Crippen molar-refractivity contribution >= 4 is 33.3 Å². The number of rotatable bonds is 4. The van der Waals surface area contributed by atoms with Gasteiger partial charge in [-0.3, -0.25) is 9.59 Å². The van der Waals surface area contributed by atoms with Crippen molar-refractivity contribution in [3.05, 3.63) is 35.2 Å². The smallest absolute Gasteiger partial charge is 0.311 e. The quantitative estimate of drug-likeness (QED) is 0.908. The predicted molar refractivity (Wildman–Crippen MR) is 84.3 cm³/mol. The molecule has 0 bridgehead atoms. The lowest BCUT2D eigenvalue weighted by atomic mass is 9.80. The highest BCUT2D eigenvalue weighted by atomic mass is 32.1. The molecule has 0 atom stereocenters. The number of thiophene rings is 1. The fraction of sp³-hybridized carbons (Fsp3) is 0.375. The van der Waals surface area contributed by atoms with Crippen LogP contribution in [0.15, 0.2) is 29.6 Å². The van der Waals surface area contributed by atoms with Crippen molar-refractivity contribution in [3.63, 3.8) is 0 Å². The number of carboxylic acids is 1. The summed E-state index contributed by atoms with van der Waals surface area (Å²) in [4.78, 5) is 24.0. The summed E-state index contributed by atoms with van der Waals surface area (Å²) in [5, 5.41) is 15.0. The summed E-state index contributed by atoms with van der Waals surface area (Å²) in [6.45, 7) is 0.974. The molecule has 1 amide bonds. The van der Waals surface area contributed by atoms with E-state index in [0.717, 1.165) is 10.1 Å². The lowest BCUT2D eigenvalue weighted by Crippen LogP contribution is -2.46. The minimum atomic E-state index is -0.917. The van der Waals surface area contributed by atoms with Crippen LogP contribution in [0.25, 0.3) is 10.1 Å². The average Bonchev–Trinajstić information content (AvgIpc) is 2.97. The van der Waals surface area contributed by atoms with Crippen LogP contribution in [0.3, 0.4) is 0 Å². The highest BCUT2D eigenvalue weighted by molar-refractivity contribution is 7.17. The summed E-state index contributed by atoms with van der Waals surface area (Å²) in [6.07, 6.45) is 0.847. The van der Waals surface area contributed by atoms with Crippen LogP contribution in [0, 0.1) is 5.41 Å². The second-order valence-corrected chi connectivity index (χ2v) is 6.44. The van der Waals surface area contributed by atoms with Gasteiger partial charge in [0.2, 0.25) is 0 Å². The van der Waals surface area contributed by atoms with Gasteiger partial charge >= 0.3 is 5.97 Å². The summed E-state index contributed by atoms with van der Waals surface area (Å²) in [5.41, 5.74) is -0.312. The Morgan fingerprint density at radius 1 is 1.27 bits per heavy atom. The maximum Gasteiger partial charge on any atom is 0.311 e. The van der Waals surface area contributed by atoms with Gasteiger partial charge in [-0.05, 0) is 18.9 Å². The van der Waals surface area contributed by atoms with E-state index in [9.17, 15) is 14.7 Å². The molecule has 0 spiro atoms. The Balaban J connectivity index is 1.75. The number of fused-ring (bicyclic) bond motifs is 1. The molecule has 5 nitrogen and oxygen atoms in total. The first kappa shape index (κ1) is 15.0. The van der Waals surface area contributed by atoms with Gasteiger partial charge < -0.3 is 15.2 Å². The predicted octanol–water partition coefficient (Wildman–Crippen LogP) is 2.51. The fourth-order valence-electron chi connectivity index (χ4n) is 2.73. The third-order valence-corrected chi connectivity index (χ3v) is 5.18. The van der Waals surface area contributed by atoms with Crippen molar-refractivity contribution in [2.45, 2.75) is 12.8 Å². The number of ether oxygens (including phenoxy) is 1. The minimum absolute atomic E-state index is 0.134. The first-order valence-electron chi connectivity index (χ1n) is 7.18. The van der Waals surface area contributed by atoms with Crippen molar-refractivity contribution in [1.82, 2.24) is 5.32 Å². The van der Waals surface area contributed by atoms with E-state index in [4.69, 9.17) is 4.74 Å². The first-order chi connectivity index (χ1) is 10.6. The third-order valence-electron chi connectivity index (χ3n) is 4.22. The number of carbonyl (C=O) groups is 2. The van der Waals surface area contributed by atoms with Crippen LogP contribution in [0.1, 0.15) is 23.2 Å². The molecule has 1 aliphatic rings. The molecule has 1 saturated heterocycles. The molecule has 0 unspecified atom stereocenters. The number of carbonyl (C=O) groups excluding carboxylic acids is 1. The molecular weight excluding hydrogens is 302 g/mol. The first-order valence-corrected chi connectivity index (χ1v) is 8.06. The largest absolute Gasteiger partial charge is 0.481 e. The number of carboxylic acid groups (broad SMARTS) is 1. The normalized spacial score (nSPS) is 17.3. The SMILES string of the molecule is O=C(NCC1(C(=O)O)CCOCC1)c1csc2ccccc12. The van der Waals surface area contributed by atoms with Gasteiger partial charge in [0.05, 0.1) is 11.0 Å². The van der Waals surface area contributed by atoms with Crippen LogP contribution in [-0.4, -0.2) is 36.7 Å². The molecule has 2 aromatic rings. The Morgan fingerprint density at radius 2 is 2.00 bits per heavy atom. The Bertz CT molecular complexity index is 703. The van der Waals surface area contributed by atoms with Gasteiger partial charge in [0.25, 0.3) is 5.91 Å². The zero-order valence-electron chi connectivity index (χ0n) is 12.0. The van der Waals surface area contributed by atoms with Gasteiger partial charge in [-0.1, -0.05) is 18.2 Å². The van der Waals surface area contributed by atoms with Crippen LogP contribution in [-0.2, 0) is 9.53 Å². The lowest BCUT2D eigenvalue weighted by Gasteiger charge is -2.33. The van der Waals surface area contributed by atoms with E-state index < -0.39 is 11.4 Å². The summed E-state index contributed by atoms with van der Waals surface area (Å²) >= 11 is 1.51. The lowest BCUT2D eigenvalue weighted by molar-refractivity contribution is -0.154. The molecule has 1 aromatic heterocycles.